The Bertz CT molecular complexity index is 1230. The van der Waals surface area contributed by atoms with Crippen LogP contribution in [-0.4, -0.2) is 61.7 Å². The molecular formula is C21H19ClN4O5S. The predicted molar refractivity (Wildman–Crippen MR) is 116 cm³/mol. The van der Waals surface area contributed by atoms with Gasteiger partial charge in [-0.15, -0.1) is 0 Å². The molecule has 0 bridgehead atoms. The van der Waals surface area contributed by atoms with Crippen molar-refractivity contribution in [3.8, 4) is 11.8 Å². The molecule has 2 amide bonds. The zero-order valence-corrected chi connectivity index (χ0v) is 18.6. The molecule has 1 N–H and O–H groups in total. The minimum Gasteiger partial charge on any atom is -0.479 e. The fraction of sp³-hybridized carbons (Fsp3) is 0.286. The highest BCUT2D eigenvalue weighted by molar-refractivity contribution is 7.89. The molecule has 0 radical (unpaired) electrons. The minimum atomic E-state index is -3.95. The van der Waals surface area contributed by atoms with Gasteiger partial charge in [-0.25, -0.2) is 8.42 Å². The lowest BCUT2D eigenvalue weighted by Crippen LogP contribution is -2.50. The normalized spacial score (nSPS) is 18.8. The number of benzene rings is 2. The molecule has 0 spiro atoms. The van der Waals surface area contributed by atoms with Gasteiger partial charge in [-0.3, -0.25) is 9.59 Å². The average molecular weight is 475 g/mol. The molecular weight excluding hydrogens is 456 g/mol. The third-order valence-electron chi connectivity index (χ3n) is 5.37. The first-order valence-corrected chi connectivity index (χ1v) is 11.6. The molecule has 11 heteroatoms. The number of hydrogen-bond donors (Lipinski definition) is 1. The SMILES string of the molecule is C[C@H]1Oc2cc(S(=O)(=O)N3CCN(C(=O)c4ccc(C#N)cc4)CC3)c(Cl)cc2NC1=O. The van der Waals surface area contributed by atoms with E-state index in [9.17, 15) is 18.0 Å². The van der Waals surface area contributed by atoms with E-state index in [4.69, 9.17) is 21.6 Å². The quantitative estimate of drug-likeness (QED) is 0.727. The highest BCUT2D eigenvalue weighted by atomic mass is 35.5. The Hall–Kier alpha value is -3.13. The van der Waals surface area contributed by atoms with Gasteiger partial charge in [-0.1, -0.05) is 11.6 Å². The number of fused-ring (bicyclic) bond motifs is 1. The summed E-state index contributed by atoms with van der Waals surface area (Å²) in [7, 11) is -3.95. The topological polar surface area (TPSA) is 120 Å². The van der Waals surface area contributed by atoms with Crippen molar-refractivity contribution >= 4 is 39.1 Å². The molecule has 0 aromatic heterocycles. The molecule has 32 heavy (non-hydrogen) atoms. The second kappa shape index (κ2) is 8.43. The molecule has 0 aliphatic carbocycles. The summed E-state index contributed by atoms with van der Waals surface area (Å²) in [5.74, 6) is -0.335. The standard InChI is InChI=1S/C21H19ClN4O5S/c1-13-20(27)24-17-10-16(22)19(11-18(17)31-13)32(29,30)26-8-6-25(7-9-26)21(28)15-4-2-14(12-23)3-5-15/h2-5,10-11,13H,6-9H2,1H3,(H,24,27)/t13-/m1/s1. The number of nitriles is 1. The smallest absolute Gasteiger partial charge is 0.265 e. The number of hydrogen-bond acceptors (Lipinski definition) is 6. The van der Waals surface area contributed by atoms with Gasteiger partial charge in [-0.05, 0) is 37.3 Å². The maximum absolute atomic E-state index is 13.2. The summed E-state index contributed by atoms with van der Waals surface area (Å²) in [5.41, 5.74) is 1.21. The molecule has 2 aromatic carbocycles. The van der Waals surface area contributed by atoms with Crippen molar-refractivity contribution in [2.24, 2.45) is 0 Å². The van der Waals surface area contributed by atoms with Gasteiger partial charge in [0.15, 0.2) is 6.10 Å². The highest BCUT2D eigenvalue weighted by Gasteiger charge is 2.34. The van der Waals surface area contributed by atoms with Gasteiger partial charge in [0.2, 0.25) is 10.0 Å². The molecule has 166 valence electrons. The van der Waals surface area contributed by atoms with E-state index < -0.39 is 16.1 Å². The van der Waals surface area contributed by atoms with E-state index in [1.165, 1.54) is 16.4 Å². The molecule has 2 heterocycles. The van der Waals surface area contributed by atoms with Gasteiger partial charge in [0.1, 0.15) is 10.6 Å². The van der Waals surface area contributed by atoms with Crippen LogP contribution in [-0.2, 0) is 14.8 Å². The summed E-state index contributed by atoms with van der Waals surface area (Å²) in [6.07, 6.45) is -0.754. The molecule has 2 aliphatic rings. The van der Waals surface area contributed by atoms with Gasteiger partial charge in [-0.2, -0.15) is 9.57 Å². The average Bonchev–Trinajstić information content (AvgIpc) is 2.79. The zero-order chi connectivity index (χ0) is 23.0. The van der Waals surface area contributed by atoms with E-state index in [-0.39, 0.29) is 53.7 Å². The van der Waals surface area contributed by atoms with Crippen molar-refractivity contribution in [2.75, 3.05) is 31.5 Å². The Balaban J connectivity index is 1.49. The Kier molecular flexibility index (Phi) is 5.81. The third-order valence-corrected chi connectivity index (χ3v) is 7.73. The monoisotopic (exact) mass is 474 g/mol. The zero-order valence-electron chi connectivity index (χ0n) is 17.0. The minimum absolute atomic E-state index is 0.0294. The number of rotatable bonds is 3. The van der Waals surface area contributed by atoms with Crippen LogP contribution in [0.15, 0.2) is 41.3 Å². The van der Waals surface area contributed by atoms with Crippen molar-refractivity contribution in [3.63, 3.8) is 0 Å². The van der Waals surface area contributed by atoms with Gasteiger partial charge >= 0.3 is 0 Å². The van der Waals surface area contributed by atoms with Crippen LogP contribution in [0.4, 0.5) is 5.69 Å². The van der Waals surface area contributed by atoms with Crippen LogP contribution in [0, 0.1) is 11.3 Å². The van der Waals surface area contributed by atoms with Crippen molar-refractivity contribution in [1.82, 2.24) is 9.21 Å². The van der Waals surface area contributed by atoms with Crippen molar-refractivity contribution in [3.05, 3.63) is 52.5 Å². The van der Waals surface area contributed by atoms with Gasteiger partial charge in [0.05, 0.1) is 22.3 Å². The van der Waals surface area contributed by atoms with Crippen molar-refractivity contribution in [1.29, 1.82) is 5.26 Å². The van der Waals surface area contributed by atoms with E-state index in [0.717, 1.165) is 0 Å². The van der Waals surface area contributed by atoms with Crippen LogP contribution >= 0.6 is 11.6 Å². The molecule has 0 unspecified atom stereocenters. The summed E-state index contributed by atoms with van der Waals surface area (Å²) < 4.78 is 33.2. The number of ether oxygens (including phenoxy) is 1. The summed E-state index contributed by atoms with van der Waals surface area (Å²) in [6.45, 7) is 2.19. The fourth-order valence-electron chi connectivity index (χ4n) is 3.55. The summed E-state index contributed by atoms with van der Waals surface area (Å²) in [6, 6.07) is 11.0. The Morgan fingerprint density at radius 3 is 2.47 bits per heavy atom. The summed E-state index contributed by atoms with van der Waals surface area (Å²) in [4.78, 5) is 25.9. The first-order valence-electron chi connectivity index (χ1n) is 9.81. The molecule has 1 fully saturated rings. The van der Waals surface area contributed by atoms with Crippen LogP contribution < -0.4 is 10.1 Å². The molecule has 2 aliphatic heterocycles. The molecule has 2 aromatic rings. The Morgan fingerprint density at radius 1 is 1.19 bits per heavy atom. The lowest BCUT2D eigenvalue weighted by atomic mass is 10.1. The molecule has 1 saturated heterocycles. The summed E-state index contributed by atoms with van der Waals surface area (Å²) in [5, 5.41) is 11.5. The fourth-order valence-corrected chi connectivity index (χ4v) is 5.49. The second-order valence-corrected chi connectivity index (χ2v) is 9.73. The van der Waals surface area contributed by atoms with Crippen LogP contribution in [0.5, 0.6) is 5.75 Å². The molecule has 9 nitrogen and oxygen atoms in total. The first kappa shape index (κ1) is 22.1. The van der Waals surface area contributed by atoms with E-state index >= 15 is 0 Å². The highest BCUT2D eigenvalue weighted by Crippen LogP contribution is 2.38. The van der Waals surface area contributed by atoms with E-state index in [0.29, 0.717) is 16.8 Å². The molecule has 1 atom stereocenters. The number of carbonyl (C=O) groups is 2. The number of nitrogens with zero attached hydrogens (tertiary/aromatic N) is 3. The molecule has 4 rings (SSSR count). The number of sulfonamides is 1. The summed E-state index contributed by atoms with van der Waals surface area (Å²) >= 11 is 6.23. The number of carbonyl (C=O) groups excluding carboxylic acids is 2. The first-order chi connectivity index (χ1) is 15.2. The van der Waals surface area contributed by atoms with Crippen LogP contribution in [0.25, 0.3) is 0 Å². The number of amides is 2. The second-order valence-electron chi connectivity index (χ2n) is 7.41. The predicted octanol–water partition coefficient (Wildman–Crippen LogP) is 2.08. The van der Waals surface area contributed by atoms with E-state index in [2.05, 4.69) is 5.32 Å². The lowest BCUT2D eigenvalue weighted by molar-refractivity contribution is -0.122. The number of anilines is 1. The Labute approximate surface area is 190 Å². The van der Waals surface area contributed by atoms with E-state index in [1.54, 1.807) is 36.1 Å². The maximum Gasteiger partial charge on any atom is 0.265 e. The van der Waals surface area contributed by atoms with Crippen molar-refractivity contribution in [2.45, 2.75) is 17.9 Å². The van der Waals surface area contributed by atoms with Crippen molar-refractivity contribution < 1.29 is 22.7 Å². The van der Waals surface area contributed by atoms with Gasteiger partial charge < -0.3 is 15.0 Å². The van der Waals surface area contributed by atoms with Crippen LogP contribution in [0.1, 0.15) is 22.8 Å². The number of halogens is 1. The number of nitrogens with one attached hydrogen (secondary N) is 1. The Morgan fingerprint density at radius 2 is 1.84 bits per heavy atom. The van der Waals surface area contributed by atoms with Gasteiger partial charge in [0.25, 0.3) is 11.8 Å². The van der Waals surface area contributed by atoms with Crippen LogP contribution in [0.2, 0.25) is 5.02 Å². The largest absolute Gasteiger partial charge is 0.479 e. The van der Waals surface area contributed by atoms with Crippen LogP contribution in [0.3, 0.4) is 0 Å². The van der Waals surface area contributed by atoms with Gasteiger partial charge in [0, 0.05) is 37.8 Å². The third kappa shape index (κ3) is 4.02. The maximum atomic E-state index is 13.2. The van der Waals surface area contributed by atoms with E-state index in [1.807, 2.05) is 6.07 Å². The number of piperazine rings is 1. The lowest BCUT2D eigenvalue weighted by Gasteiger charge is -2.34. The molecule has 0 saturated carbocycles.